The van der Waals surface area contributed by atoms with E-state index in [4.69, 9.17) is 17.3 Å². The summed E-state index contributed by atoms with van der Waals surface area (Å²) in [5.41, 5.74) is 9.63. The number of halogens is 1. The van der Waals surface area contributed by atoms with Crippen molar-refractivity contribution in [3.05, 3.63) is 40.0 Å². The van der Waals surface area contributed by atoms with E-state index in [1.54, 1.807) is 11.3 Å². The Morgan fingerprint density at radius 1 is 1.14 bits per heavy atom. The van der Waals surface area contributed by atoms with Gasteiger partial charge in [-0.15, -0.1) is 11.3 Å². The Morgan fingerprint density at radius 3 is 2.43 bits per heavy atom. The summed E-state index contributed by atoms with van der Waals surface area (Å²) in [6, 6.07) is 8.60. The number of aromatic nitrogens is 2. The van der Waals surface area contributed by atoms with Crippen LogP contribution in [0.2, 0.25) is 5.28 Å². The average Bonchev–Trinajstić information content (AvgIpc) is 2.75. The fourth-order valence-corrected chi connectivity index (χ4v) is 3.77. The van der Waals surface area contributed by atoms with Crippen molar-refractivity contribution in [3.8, 4) is 11.1 Å². The maximum absolute atomic E-state index is 6.06. The van der Waals surface area contributed by atoms with Crippen molar-refractivity contribution >= 4 is 39.0 Å². The molecule has 2 aromatic heterocycles. The molecule has 2 N–H and O–H groups in total. The molecule has 0 saturated carbocycles. The van der Waals surface area contributed by atoms with Crippen LogP contribution in [0, 0.1) is 6.92 Å². The van der Waals surface area contributed by atoms with Crippen molar-refractivity contribution < 1.29 is 0 Å². The minimum absolute atomic E-state index is 0.197. The number of anilines is 1. The Kier molecular flexibility index (Phi) is 3.59. The summed E-state index contributed by atoms with van der Waals surface area (Å²) >= 11 is 7.49. The molecular weight excluding hydrogens is 302 g/mol. The van der Waals surface area contributed by atoms with E-state index in [-0.39, 0.29) is 5.28 Å². The average molecular weight is 318 g/mol. The highest BCUT2D eigenvalue weighted by Crippen LogP contribution is 2.40. The number of benzene rings is 1. The van der Waals surface area contributed by atoms with E-state index >= 15 is 0 Å². The van der Waals surface area contributed by atoms with E-state index in [0.717, 1.165) is 21.3 Å². The number of hydrogen-bond donors (Lipinski definition) is 1. The predicted molar refractivity (Wildman–Crippen MR) is 91.1 cm³/mol. The van der Waals surface area contributed by atoms with E-state index < -0.39 is 0 Å². The molecule has 0 radical (unpaired) electrons. The molecule has 1 aromatic carbocycles. The van der Waals surface area contributed by atoms with Crippen LogP contribution in [0.1, 0.15) is 30.2 Å². The lowest BCUT2D eigenvalue weighted by molar-refractivity contribution is 0.867. The highest BCUT2D eigenvalue weighted by molar-refractivity contribution is 7.19. The lowest BCUT2D eigenvalue weighted by atomic mass is 9.98. The number of fused-ring (bicyclic) bond motifs is 1. The van der Waals surface area contributed by atoms with Crippen molar-refractivity contribution in [2.75, 3.05) is 5.73 Å². The maximum atomic E-state index is 6.06. The molecule has 21 heavy (non-hydrogen) atoms. The summed E-state index contributed by atoms with van der Waals surface area (Å²) in [7, 11) is 0. The van der Waals surface area contributed by atoms with E-state index in [9.17, 15) is 0 Å². The summed E-state index contributed by atoms with van der Waals surface area (Å²) in [5.74, 6) is 0.962. The second-order valence-corrected chi connectivity index (χ2v) is 6.91. The minimum Gasteiger partial charge on any atom is -0.383 e. The van der Waals surface area contributed by atoms with E-state index in [0.29, 0.717) is 11.7 Å². The molecule has 0 aliphatic heterocycles. The molecule has 2 heterocycles. The van der Waals surface area contributed by atoms with E-state index in [2.05, 4.69) is 55.0 Å². The van der Waals surface area contributed by atoms with Crippen molar-refractivity contribution in [1.82, 2.24) is 9.97 Å². The van der Waals surface area contributed by atoms with Crippen molar-refractivity contribution in [1.29, 1.82) is 0 Å². The summed E-state index contributed by atoms with van der Waals surface area (Å²) < 4.78 is 0. The molecule has 0 saturated heterocycles. The monoisotopic (exact) mass is 317 g/mol. The highest BCUT2D eigenvalue weighted by atomic mass is 35.5. The molecule has 3 aromatic rings. The Labute approximate surface area is 132 Å². The topological polar surface area (TPSA) is 51.8 Å². The number of hydrogen-bond acceptors (Lipinski definition) is 4. The van der Waals surface area contributed by atoms with E-state index in [1.165, 1.54) is 10.4 Å². The van der Waals surface area contributed by atoms with Crippen molar-refractivity contribution in [2.45, 2.75) is 26.7 Å². The Bertz CT molecular complexity index is 806. The van der Waals surface area contributed by atoms with Gasteiger partial charge in [-0.1, -0.05) is 38.1 Å². The van der Waals surface area contributed by atoms with Gasteiger partial charge in [-0.2, -0.15) is 0 Å². The van der Waals surface area contributed by atoms with Crippen LogP contribution in [0.3, 0.4) is 0 Å². The molecule has 108 valence electrons. The second-order valence-electron chi connectivity index (χ2n) is 5.37. The van der Waals surface area contributed by atoms with Gasteiger partial charge in [0.1, 0.15) is 10.6 Å². The highest BCUT2D eigenvalue weighted by Gasteiger charge is 2.16. The van der Waals surface area contributed by atoms with Crippen LogP contribution in [0.5, 0.6) is 0 Å². The first kappa shape index (κ1) is 14.3. The van der Waals surface area contributed by atoms with Gasteiger partial charge in [-0.25, -0.2) is 9.97 Å². The molecule has 5 heteroatoms. The van der Waals surface area contributed by atoms with Crippen LogP contribution in [0.25, 0.3) is 21.3 Å². The summed E-state index contributed by atoms with van der Waals surface area (Å²) in [5, 5.41) is 1.10. The predicted octanol–water partition coefficient (Wildman–Crippen LogP) is 5.03. The smallest absolute Gasteiger partial charge is 0.225 e. The lowest BCUT2D eigenvalue weighted by Gasteiger charge is -2.08. The fourth-order valence-electron chi connectivity index (χ4n) is 2.49. The first-order chi connectivity index (χ1) is 9.97. The molecule has 0 amide bonds. The second kappa shape index (κ2) is 5.28. The minimum atomic E-state index is 0.197. The van der Waals surface area contributed by atoms with Crippen LogP contribution >= 0.6 is 22.9 Å². The van der Waals surface area contributed by atoms with Gasteiger partial charge in [-0.3, -0.25) is 0 Å². The van der Waals surface area contributed by atoms with Crippen LogP contribution in [-0.2, 0) is 0 Å². The molecule has 0 aliphatic carbocycles. The summed E-state index contributed by atoms with van der Waals surface area (Å²) in [4.78, 5) is 10.4. The van der Waals surface area contributed by atoms with Gasteiger partial charge in [-0.05, 0) is 35.6 Å². The molecule has 3 nitrogen and oxygen atoms in total. The van der Waals surface area contributed by atoms with Gasteiger partial charge in [0.25, 0.3) is 0 Å². The van der Waals surface area contributed by atoms with Crippen LogP contribution in [0.15, 0.2) is 24.3 Å². The standard InChI is InChI=1S/C16H16ClN3S/c1-8(2)10-4-6-11(7-5-10)12-9(3)21-15-13(12)14(18)19-16(17)20-15/h4-8H,1-3H3,(H2,18,19,20). The Balaban J connectivity index is 2.22. The third-order valence-corrected chi connectivity index (χ3v) is 4.76. The Morgan fingerprint density at radius 2 is 1.81 bits per heavy atom. The zero-order valence-electron chi connectivity index (χ0n) is 12.1. The number of rotatable bonds is 2. The zero-order valence-corrected chi connectivity index (χ0v) is 13.7. The molecule has 0 spiro atoms. The first-order valence-corrected chi connectivity index (χ1v) is 7.99. The van der Waals surface area contributed by atoms with E-state index in [1.807, 2.05) is 0 Å². The van der Waals surface area contributed by atoms with Gasteiger partial charge >= 0.3 is 0 Å². The van der Waals surface area contributed by atoms with Crippen LogP contribution in [0.4, 0.5) is 5.82 Å². The number of thiophene rings is 1. The summed E-state index contributed by atoms with van der Waals surface area (Å²) in [6.07, 6.45) is 0. The third kappa shape index (κ3) is 2.49. The largest absolute Gasteiger partial charge is 0.383 e. The summed E-state index contributed by atoms with van der Waals surface area (Å²) in [6.45, 7) is 6.45. The van der Waals surface area contributed by atoms with Crippen molar-refractivity contribution in [2.24, 2.45) is 0 Å². The molecule has 0 bridgehead atoms. The molecule has 0 unspecified atom stereocenters. The van der Waals surface area contributed by atoms with Crippen LogP contribution in [-0.4, -0.2) is 9.97 Å². The van der Waals surface area contributed by atoms with Gasteiger partial charge < -0.3 is 5.73 Å². The maximum Gasteiger partial charge on any atom is 0.225 e. The number of aryl methyl sites for hydroxylation is 1. The van der Waals surface area contributed by atoms with Crippen molar-refractivity contribution in [3.63, 3.8) is 0 Å². The van der Waals surface area contributed by atoms with Gasteiger partial charge in [0, 0.05) is 10.4 Å². The normalized spacial score (nSPS) is 11.5. The Hall–Kier alpha value is -1.65. The number of nitrogens with two attached hydrogens (primary N) is 1. The molecular formula is C16H16ClN3S. The molecule has 3 rings (SSSR count). The molecule has 0 fully saturated rings. The molecule has 0 aliphatic rings. The van der Waals surface area contributed by atoms with Gasteiger partial charge in [0.05, 0.1) is 5.39 Å². The van der Waals surface area contributed by atoms with Gasteiger partial charge in [0.15, 0.2) is 0 Å². The number of nitrogens with zero attached hydrogens (tertiary/aromatic N) is 2. The first-order valence-electron chi connectivity index (χ1n) is 6.80. The quantitative estimate of drug-likeness (QED) is 0.675. The SMILES string of the molecule is Cc1sc2nc(Cl)nc(N)c2c1-c1ccc(C(C)C)cc1. The lowest BCUT2D eigenvalue weighted by Crippen LogP contribution is -1.94. The fraction of sp³-hybridized carbons (Fsp3) is 0.250. The third-order valence-electron chi connectivity index (χ3n) is 3.59. The molecule has 0 atom stereocenters. The van der Waals surface area contributed by atoms with Crippen LogP contribution < -0.4 is 5.73 Å². The zero-order chi connectivity index (χ0) is 15.1. The number of nitrogen functional groups attached to an aromatic ring is 1. The van der Waals surface area contributed by atoms with Gasteiger partial charge in [0.2, 0.25) is 5.28 Å².